The Morgan fingerprint density at radius 2 is 2.29 bits per heavy atom. The van der Waals surface area contributed by atoms with Gasteiger partial charge in [0.05, 0.1) is 0 Å². The minimum atomic E-state index is -0.997. The largest absolute Gasteiger partial charge is 0.549 e. The maximum absolute atomic E-state index is 11.3. The highest BCUT2D eigenvalue weighted by molar-refractivity contribution is 6.00. The van der Waals surface area contributed by atoms with Crippen LogP contribution in [-0.2, 0) is 11.2 Å². The fourth-order valence-corrected chi connectivity index (χ4v) is 3.88. The molecule has 4 rings (SSSR count). The number of carboxylic acids is 1. The Morgan fingerprint density at radius 3 is 3.05 bits per heavy atom. The number of hydrogen-bond acceptors (Lipinski definition) is 3. The van der Waals surface area contributed by atoms with Crippen LogP contribution in [0.4, 0.5) is 0 Å². The van der Waals surface area contributed by atoms with Crippen LogP contribution in [0.3, 0.4) is 0 Å². The molecular weight excluding hydrogens is 264 g/mol. The van der Waals surface area contributed by atoms with E-state index in [-0.39, 0.29) is 5.54 Å². The molecule has 0 amide bonds. The fourth-order valence-electron chi connectivity index (χ4n) is 3.88. The number of rotatable bonds is 1. The van der Waals surface area contributed by atoms with Crippen LogP contribution in [0.15, 0.2) is 30.5 Å². The lowest BCUT2D eigenvalue weighted by atomic mass is 9.71. The molecule has 108 valence electrons. The fraction of sp³-hybridized carbons (Fsp3) is 0.353. The summed E-state index contributed by atoms with van der Waals surface area (Å²) in [6.45, 7) is 2.69. The van der Waals surface area contributed by atoms with Crippen molar-refractivity contribution in [3.8, 4) is 0 Å². The first-order valence-corrected chi connectivity index (χ1v) is 7.24. The van der Waals surface area contributed by atoms with Crippen molar-refractivity contribution >= 4 is 22.4 Å². The molecule has 4 nitrogen and oxygen atoms in total. The Bertz CT molecular complexity index is 789. The Morgan fingerprint density at radius 1 is 1.48 bits per heavy atom. The number of fused-ring (bicyclic) bond motifs is 2. The van der Waals surface area contributed by atoms with E-state index in [2.05, 4.69) is 35.1 Å². The van der Waals surface area contributed by atoms with E-state index >= 15 is 0 Å². The lowest BCUT2D eigenvalue weighted by Crippen LogP contribution is -2.54. The highest BCUT2D eigenvalue weighted by Gasteiger charge is 2.42. The van der Waals surface area contributed by atoms with Crippen molar-refractivity contribution in [1.82, 2.24) is 9.88 Å². The van der Waals surface area contributed by atoms with Gasteiger partial charge in [-0.1, -0.05) is 18.2 Å². The maximum Gasteiger partial charge on any atom is 0.0496 e. The first kappa shape index (κ1) is 12.7. The van der Waals surface area contributed by atoms with Gasteiger partial charge in [0.2, 0.25) is 0 Å². The van der Waals surface area contributed by atoms with Gasteiger partial charge in [-0.25, -0.2) is 0 Å². The zero-order valence-electron chi connectivity index (χ0n) is 12.1. The van der Waals surface area contributed by atoms with E-state index in [9.17, 15) is 9.90 Å². The first-order chi connectivity index (χ1) is 10.0. The molecule has 0 radical (unpaired) electrons. The SMILES string of the molecule is CN1CC(C(=O)[O-])C=C2c3cccc4[nH]cc(c34)C[C@]21C. The molecule has 2 heterocycles. The Kier molecular flexibility index (Phi) is 2.40. The first-order valence-electron chi connectivity index (χ1n) is 7.24. The molecule has 1 N–H and O–H groups in total. The van der Waals surface area contributed by atoms with Crippen LogP contribution in [0.2, 0.25) is 0 Å². The highest BCUT2D eigenvalue weighted by atomic mass is 16.4. The number of benzene rings is 1. The molecule has 1 aliphatic carbocycles. The van der Waals surface area contributed by atoms with Crippen molar-refractivity contribution in [2.24, 2.45) is 5.92 Å². The van der Waals surface area contributed by atoms with Gasteiger partial charge in [0.25, 0.3) is 0 Å². The average molecular weight is 281 g/mol. The lowest BCUT2D eigenvalue weighted by molar-refractivity contribution is -0.310. The lowest BCUT2D eigenvalue weighted by Gasteiger charge is -2.48. The van der Waals surface area contributed by atoms with E-state index in [1.54, 1.807) is 0 Å². The molecule has 2 aliphatic rings. The summed E-state index contributed by atoms with van der Waals surface area (Å²) in [4.78, 5) is 16.8. The Labute approximate surface area is 123 Å². The molecule has 0 spiro atoms. The number of carboxylic acid groups (broad SMARTS) is 1. The van der Waals surface area contributed by atoms with Crippen LogP contribution >= 0.6 is 0 Å². The predicted molar refractivity (Wildman–Crippen MR) is 79.5 cm³/mol. The van der Waals surface area contributed by atoms with Gasteiger partial charge in [0.15, 0.2) is 0 Å². The zero-order chi connectivity index (χ0) is 14.8. The molecule has 4 heteroatoms. The summed E-state index contributed by atoms with van der Waals surface area (Å²) >= 11 is 0. The number of aliphatic carboxylic acids is 1. The maximum atomic E-state index is 11.3. The molecule has 21 heavy (non-hydrogen) atoms. The summed E-state index contributed by atoms with van der Waals surface area (Å²) in [5.41, 5.74) is 4.52. The summed E-state index contributed by atoms with van der Waals surface area (Å²) in [6, 6.07) is 6.18. The van der Waals surface area contributed by atoms with E-state index in [4.69, 9.17) is 0 Å². The van der Waals surface area contributed by atoms with E-state index in [1.807, 2.05) is 19.2 Å². The van der Waals surface area contributed by atoms with Crippen LogP contribution in [0.5, 0.6) is 0 Å². The van der Waals surface area contributed by atoms with Crippen LogP contribution in [-0.4, -0.2) is 35.0 Å². The molecular formula is C17H17N2O2-. The van der Waals surface area contributed by atoms with Crippen LogP contribution in [0, 0.1) is 5.92 Å². The molecule has 0 saturated heterocycles. The molecule has 0 bridgehead atoms. The molecule has 2 aromatic rings. The zero-order valence-corrected chi connectivity index (χ0v) is 12.1. The second-order valence-corrected chi connectivity index (χ2v) is 6.38. The molecule has 1 unspecified atom stereocenters. The van der Waals surface area contributed by atoms with Crippen molar-refractivity contribution in [1.29, 1.82) is 0 Å². The summed E-state index contributed by atoms with van der Waals surface area (Å²) < 4.78 is 0. The van der Waals surface area contributed by atoms with Crippen LogP contribution in [0.25, 0.3) is 16.5 Å². The minimum absolute atomic E-state index is 0.157. The standard InChI is InChI=1S/C17H18N2O2/c1-17-7-11-8-18-14-5-3-4-12(15(11)14)13(17)6-10(16(20)21)9-19(17)2/h3-6,8,10,18H,7,9H2,1-2H3,(H,20,21)/p-1/t10?,17-/m1/s1. The molecule has 0 fully saturated rings. The number of nitrogens with one attached hydrogen (secondary N) is 1. The Hall–Kier alpha value is -2.07. The van der Waals surface area contributed by atoms with Crippen molar-refractivity contribution in [2.45, 2.75) is 18.9 Å². The topological polar surface area (TPSA) is 59.2 Å². The van der Waals surface area contributed by atoms with Gasteiger partial charge in [-0.15, -0.1) is 0 Å². The van der Waals surface area contributed by atoms with E-state index in [0.29, 0.717) is 6.54 Å². The van der Waals surface area contributed by atoms with Crippen molar-refractivity contribution in [3.63, 3.8) is 0 Å². The van der Waals surface area contributed by atoms with Gasteiger partial charge < -0.3 is 14.9 Å². The summed E-state index contributed by atoms with van der Waals surface area (Å²) in [6.07, 6.45) is 4.88. The van der Waals surface area contributed by atoms with Crippen molar-refractivity contribution in [3.05, 3.63) is 41.6 Å². The third-order valence-electron chi connectivity index (χ3n) is 5.18. The van der Waals surface area contributed by atoms with Crippen molar-refractivity contribution < 1.29 is 9.90 Å². The van der Waals surface area contributed by atoms with Crippen molar-refractivity contribution in [2.75, 3.05) is 13.6 Å². The smallest absolute Gasteiger partial charge is 0.0496 e. The van der Waals surface area contributed by atoms with Crippen LogP contribution < -0.4 is 5.11 Å². The third-order valence-corrected chi connectivity index (χ3v) is 5.18. The van der Waals surface area contributed by atoms with Gasteiger partial charge in [-0.05, 0) is 43.2 Å². The van der Waals surface area contributed by atoms with Gasteiger partial charge in [0, 0.05) is 41.1 Å². The third kappa shape index (κ3) is 1.56. The quantitative estimate of drug-likeness (QED) is 0.854. The number of carbonyl (C=O) groups excluding carboxylic acids is 1. The summed E-state index contributed by atoms with van der Waals surface area (Å²) in [7, 11) is 2.00. The number of H-pyrrole nitrogens is 1. The minimum Gasteiger partial charge on any atom is -0.549 e. The van der Waals surface area contributed by atoms with Gasteiger partial charge in [-0.3, -0.25) is 4.90 Å². The van der Waals surface area contributed by atoms with Crippen LogP contribution in [0.1, 0.15) is 18.1 Å². The number of aromatic amines is 1. The number of carbonyl (C=O) groups is 1. The highest BCUT2D eigenvalue weighted by Crippen LogP contribution is 2.46. The molecule has 2 atom stereocenters. The van der Waals surface area contributed by atoms with Gasteiger partial charge in [0.1, 0.15) is 0 Å². The average Bonchev–Trinajstić information content (AvgIpc) is 2.85. The second kappa shape index (κ2) is 3.98. The molecule has 1 aromatic heterocycles. The summed E-state index contributed by atoms with van der Waals surface area (Å²) in [5.74, 6) is -1.54. The monoisotopic (exact) mass is 281 g/mol. The Balaban J connectivity index is 2.02. The van der Waals surface area contributed by atoms with E-state index in [0.717, 1.165) is 23.1 Å². The molecule has 1 aromatic carbocycles. The normalized spacial score (nSPS) is 28.3. The second-order valence-electron chi connectivity index (χ2n) is 6.38. The number of nitrogens with zero attached hydrogens (tertiary/aromatic N) is 1. The van der Waals surface area contributed by atoms with E-state index in [1.165, 1.54) is 10.9 Å². The number of hydrogen-bond donors (Lipinski definition) is 1. The number of likely N-dealkylation sites (N-methyl/N-ethyl adjacent to an activating group) is 1. The van der Waals surface area contributed by atoms with Gasteiger partial charge >= 0.3 is 0 Å². The summed E-state index contributed by atoms with van der Waals surface area (Å²) in [5, 5.41) is 12.6. The molecule has 1 aliphatic heterocycles. The molecule has 0 saturated carbocycles. The predicted octanol–water partition coefficient (Wildman–Crippen LogP) is 1.18. The van der Waals surface area contributed by atoms with Gasteiger partial charge in [-0.2, -0.15) is 0 Å². The number of aromatic nitrogens is 1. The van der Waals surface area contributed by atoms with E-state index < -0.39 is 11.9 Å².